The van der Waals surface area contributed by atoms with Gasteiger partial charge in [-0.2, -0.15) is 0 Å². The van der Waals surface area contributed by atoms with E-state index in [0.29, 0.717) is 6.29 Å². The zero-order chi connectivity index (χ0) is 16.4. The first-order valence-electron chi connectivity index (χ1n) is 6.44. The van der Waals surface area contributed by atoms with Gasteiger partial charge in [0.1, 0.15) is 17.4 Å². The Bertz CT molecular complexity index is 553. The van der Waals surface area contributed by atoms with Crippen molar-refractivity contribution in [1.82, 2.24) is 4.90 Å². The van der Waals surface area contributed by atoms with E-state index >= 15 is 0 Å². The first-order chi connectivity index (χ1) is 9.53. The maximum atomic E-state index is 13.5. The first-order valence-corrected chi connectivity index (χ1v) is 6.44. The minimum Gasteiger partial charge on any atom is -0.505 e. The molecule has 21 heavy (non-hydrogen) atoms. The molecule has 0 aliphatic rings. The Balaban J connectivity index is 3.23. The number of likely N-dealkylation sites (N-methyl/N-ethyl adjacent to an activating group) is 1. The van der Waals surface area contributed by atoms with Crippen LogP contribution in [0.25, 0.3) is 0 Å². The van der Waals surface area contributed by atoms with E-state index in [1.54, 1.807) is 20.8 Å². The van der Waals surface area contributed by atoms with Crippen molar-refractivity contribution in [2.45, 2.75) is 38.8 Å². The molecule has 1 atom stereocenters. The Labute approximate surface area is 123 Å². The molecule has 1 aromatic carbocycles. The maximum Gasteiger partial charge on any atom is 0.411 e. The lowest BCUT2D eigenvalue weighted by Gasteiger charge is -2.36. The lowest BCUT2D eigenvalue weighted by Crippen LogP contribution is -2.48. The fourth-order valence-electron chi connectivity index (χ4n) is 1.77. The minimum absolute atomic E-state index is 0.00846. The molecule has 0 heterocycles. The topological polar surface area (TPSA) is 66.8 Å². The third-order valence-electron chi connectivity index (χ3n) is 3.13. The Morgan fingerprint density at radius 2 is 1.90 bits per heavy atom. The van der Waals surface area contributed by atoms with Crippen molar-refractivity contribution < 1.29 is 23.8 Å². The Hall–Kier alpha value is -2.11. The molecule has 6 heteroatoms. The van der Waals surface area contributed by atoms with E-state index in [1.165, 1.54) is 26.1 Å². The van der Waals surface area contributed by atoms with Gasteiger partial charge in [0.15, 0.2) is 11.6 Å². The first kappa shape index (κ1) is 16.9. The van der Waals surface area contributed by atoms with Crippen molar-refractivity contribution in [3.8, 4) is 5.75 Å². The van der Waals surface area contributed by atoms with Gasteiger partial charge in [-0.15, -0.1) is 0 Å². The largest absolute Gasteiger partial charge is 0.505 e. The summed E-state index contributed by atoms with van der Waals surface area (Å²) < 4.78 is 18.7. The summed E-state index contributed by atoms with van der Waals surface area (Å²) in [4.78, 5) is 24.6. The number of phenols is 1. The van der Waals surface area contributed by atoms with Crippen LogP contribution in [0.4, 0.5) is 9.18 Å². The van der Waals surface area contributed by atoms with E-state index in [2.05, 4.69) is 0 Å². The van der Waals surface area contributed by atoms with Gasteiger partial charge in [-0.1, -0.05) is 12.1 Å². The second kappa shape index (κ2) is 5.71. The number of aromatic hydroxyl groups is 1. The molecule has 0 radical (unpaired) electrons. The van der Waals surface area contributed by atoms with Gasteiger partial charge >= 0.3 is 6.09 Å². The van der Waals surface area contributed by atoms with E-state index in [1.807, 2.05) is 0 Å². The lowest BCUT2D eigenvalue weighted by atomic mass is 9.91. The molecule has 0 fully saturated rings. The molecule has 0 aliphatic carbocycles. The number of hydrogen-bond acceptors (Lipinski definition) is 4. The number of aldehydes is 1. The van der Waals surface area contributed by atoms with Gasteiger partial charge in [-0.3, -0.25) is 4.90 Å². The number of para-hydroxylation sites is 1. The normalized spacial score (nSPS) is 14.2. The maximum absolute atomic E-state index is 13.5. The number of phenolic OH excluding ortho intramolecular Hbond substituents is 1. The Morgan fingerprint density at radius 1 is 1.33 bits per heavy atom. The minimum atomic E-state index is -1.55. The van der Waals surface area contributed by atoms with Gasteiger partial charge in [-0.05, 0) is 33.8 Å². The van der Waals surface area contributed by atoms with Crippen molar-refractivity contribution in [3.05, 3.63) is 29.6 Å². The smallest absolute Gasteiger partial charge is 0.411 e. The summed E-state index contributed by atoms with van der Waals surface area (Å²) in [6, 6.07) is 3.81. The van der Waals surface area contributed by atoms with Crippen molar-refractivity contribution in [2.24, 2.45) is 0 Å². The highest BCUT2D eigenvalue weighted by Crippen LogP contribution is 2.34. The van der Waals surface area contributed by atoms with Gasteiger partial charge in [0.25, 0.3) is 0 Å². The molecule has 1 aromatic rings. The summed E-state index contributed by atoms with van der Waals surface area (Å²) in [5, 5.41) is 9.81. The standard InChI is InChI=1S/C15H20FNO4/c1-14(2,3)21-13(20)17(5)15(4,9-18)10-7-6-8-11(16)12(10)19/h6-9,19H,1-5H3. The van der Waals surface area contributed by atoms with Gasteiger partial charge in [0.05, 0.1) is 0 Å². The number of hydrogen-bond donors (Lipinski definition) is 1. The van der Waals surface area contributed by atoms with Crippen LogP contribution in [0.3, 0.4) is 0 Å². The highest BCUT2D eigenvalue weighted by molar-refractivity contribution is 5.78. The van der Waals surface area contributed by atoms with E-state index in [4.69, 9.17) is 4.74 Å². The van der Waals surface area contributed by atoms with E-state index in [-0.39, 0.29) is 5.56 Å². The Kier molecular flexibility index (Phi) is 4.61. The molecule has 116 valence electrons. The summed E-state index contributed by atoms with van der Waals surface area (Å²) in [5.41, 5.74) is -2.29. The van der Waals surface area contributed by atoms with Gasteiger partial charge in [0, 0.05) is 12.6 Å². The second-order valence-electron chi connectivity index (χ2n) is 5.94. The number of ether oxygens (including phenoxy) is 1. The highest BCUT2D eigenvalue weighted by Gasteiger charge is 2.39. The van der Waals surface area contributed by atoms with E-state index < -0.39 is 28.8 Å². The monoisotopic (exact) mass is 297 g/mol. The fraction of sp³-hybridized carbons (Fsp3) is 0.467. The van der Waals surface area contributed by atoms with Crippen LogP contribution in [0.15, 0.2) is 18.2 Å². The third kappa shape index (κ3) is 3.51. The van der Waals surface area contributed by atoms with Crippen LogP contribution in [-0.2, 0) is 15.1 Å². The molecule has 1 unspecified atom stereocenters. The van der Waals surface area contributed by atoms with E-state index in [9.17, 15) is 19.1 Å². The number of carbonyl (C=O) groups excluding carboxylic acids is 2. The van der Waals surface area contributed by atoms with Gasteiger partial charge in [0.2, 0.25) is 0 Å². The van der Waals surface area contributed by atoms with Crippen LogP contribution in [0.5, 0.6) is 5.75 Å². The molecule has 0 saturated heterocycles. The van der Waals surface area contributed by atoms with Crippen LogP contribution in [0.2, 0.25) is 0 Å². The zero-order valence-corrected chi connectivity index (χ0v) is 12.8. The van der Waals surface area contributed by atoms with Crippen LogP contribution in [-0.4, -0.2) is 35.0 Å². The SMILES string of the molecule is CN(C(=O)OC(C)(C)C)C(C)(C=O)c1cccc(F)c1O. The predicted molar refractivity (Wildman–Crippen MR) is 75.5 cm³/mol. The number of rotatable bonds is 3. The highest BCUT2D eigenvalue weighted by atomic mass is 19.1. The lowest BCUT2D eigenvalue weighted by molar-refractivity contribution is -0.117. The predicted octanol–water partition coefficient (Wildman–Crippen LogP) is 2.81. The number of benzene rings is 1. The molecule has 0 bridgehead atoms. The average molecular weight is 297 g/mol. The number of nitrogens with zero attached hydrogens (tertiary/aromatic N) is 1. The fourth-order valence-corrected chi connectivity index (χ4v) is 1.77. The van der Waals surface area contributed by atoms with Crippen LogP contribution in [0.1, 0.15) is 33.3 Å². The van der Waals surface area contributed by atoms with Crippen LogP contribution >= 0.6 is 0 Å². The molecule has 0 aliphatic heterocycles. The third-order valence-corrected chi connectivity index (χ3v) is 3.13. The quantitative estimate of drug-likeness (QED) is 0.871. The average Bonchev–Trinajstić information content (AvgIpc) is 2.38. The molecule has 0 spiro atoms. The molecule has 0 aromatic heterocycles. The van der Waals surface area contributed by atoms with Crippen molar-refractivity contribution in [2.75, 3.05) is 7.05 Å². The van der Waals surface area contributed by atoms with Crippen molar-refractivity contribution in [3.63, 3.8) is 0 Å². The summed E-state index contributed by atoms with van der Waals surface area (Å²) in [5.74, 6) is -1.53. The Morgan fingerprint density at radius 3 is 2.38 bits per heavy atom. The molecular weight excluding hydrogens is 277 g/mol. The summed E-state index contributed by atoms with van der Waals surface area (Å²) >= 11 is 0. The zero-order valence-electron chi connectivity index (χ0n) is 12.8. The molecule has 5 nitrogen and oxygen atoms in total. The number of halogens is 1. The van der Waals surface area contributed by atoms with Crippen LogP contribution in [0, 0.1) is 5.82 Å². The van der Waals surface area contributed by atoms with E-state index in [0.717, 1.165) is 11.0 Å². The molecule has 1 amide bonds. The number of amides is 1. The second-order valence-corrected chi connectivity index (χ2v) is 5.94. The van der Waals surface area contributed by atoms with Gasteiger partial charge in [-0.25, -0.2) is 9.18 Å². The van der Waals surface area contributed by atoms with Crippen molar-refractivity contribution >= 4 is 12.4 Å². The molecule has 1 rings (SSSR count). The number of carbonyl (C=O) groups is 2. The van der Waals surface area contributed by atoms with Crippen molar-refractivity contribution in [1.29, 1.82) is 0 Å². The summed E-state index contributed by atoms with van der Waals surface area (Å²) in [6.07, 6.45) is -0.286. The van der Waals surface area contributed by atoms with Gasteiger partial charge < -0.3 is 14.6 Å². The molecule has 1 N–H and O–H groups in total. The van der Waals surface area contributed by atoms with Crippen LogP contribution < -0.4 is 0 Å². The molecule has 0 saturated carbocycles. The molecular formula is C15H20FNO4. The summed E-state index contributed by atoms with van der Waals surface area (Å²) in [6.45, 7) is 6.47. The summed E-state index contributed by atoms with van der Waals surface area (Å²) in [7, 11) is 1.35.